The molecule has 0 saturated heterocycles. The number of hydrogen-bond donors (Lipinski definition) is 1. The third-order valence-electron chi connectivity index (χ3n) is 0.899. The molecular formula is C7H13BrO3. The first-order valence-electron chi connectivity index (χ1n) is 3.36. The molecule has 4 heteroatoms. The topological polar surface area (TPSA) is 46.5 Å². The lowest BCUT2D eigenvalue weighted by molar-refractivity contribution is -0.153. The summed E-state index contributed by atoms with van der Waals surface area (Å²) in [5.41, 5.74) is 0. The van der Waals surface area contributed by atoms with Crippen LogP contribution in [0.25, 0.3) is 0 Å². The van der Waals surface area contributed by atoms with Crippen LogP contribution in [0.3, 0.4) is 0 Å². The van der Waals surface area contributed by atoms with E-state index in [1.807, 2.05) is 13.8 Å². The number of halogens is 1. The average molecular weight is 225 g/mol. The molecule has 0 saturated carbocycles. The highest BCUT2D eigenvalue weighted by Crippen LogP contribution is 2.15. The minimum absolute atomic E-state index is 0.225. The molecule has 0 aromatic carbocycles. The van der Waals surface area contributed by atoms with E-state index in [0.717, 1.165) is 0 Å². The maximum atomic E-state index is 10.7. The number of alkyl halides is 1. The molecule has 1 atom stereocenters. The number of ether oxygens (including phenoxy) is 1. The average Bonchev–Trinajstić information content (AvgIpc) is 1.80. The smallest absolute Gasteiger partial charge is 0.334 e. The summed E-state index contributed by atoms with van der Waals surface area (Å²) in [6.45, 7) is 5.39. The van der Waals surface area contributed by atoms with Crippen LogP contribution >= 0.6 is 15.9 Å². The molecule has 0 rings (SSSR count). The second-order valence-corrected chi connectivity index (χ2v) is 5.15. The van der Waals surface area contributed by atoms with Gasteiger partial charge < -0.3 is 9.84 Å². The molecule has 0 spiro atoms. The maximum Gasteiger partial charge on any atom is 0.334 e. The second-order valence-electron chi connectivity index (χ2n) is 3.00. The van der Waals surface area contributed by atoms with Crippen molar-refractivity contribution in [1.29, 1.82) is 0 Å². The molecule has 0 radical (unpaired) electrons. The van der Waals surface area contributed by atoms with Gasteiger partial charge >= 0.3 is 5.97 Å². The molecule has 0 aliphatic carbocycles. The fraction of sp³-hybridized carbons (Fsp3) is 0.857. The summed E-state index contributed by atoms with van der Waals surface area (Å²) in [7, 11) is 0. The Bertz CT molecular complexity index is 137. The summed E-state index contributed by atoms with van der Waals surface area (Å²) < 4.78 is 4.51. The Labute approximate surface area is 74.9 Å². The van der Waals surface area contributed by atoms with E-state index in [4.69, 9.17) is 9.84 Å². The fourth-order valence-corrected chi connectivity index (χ4v) is 0.478. The monoisotopic (exact) mass is 224 g/mol. The van der Waals surface area contributed by atoms with E-state index < -0.39 is 12.1 Å². The van der Waals surface area contributed by atoms with Gasteiger partial charge in [-0.05, 0) is 20.8 Å². The molecule has 0 aliphatic rings. The molecule has 3 nitrogen and oxygen atoms in total. The van der Waals surface area contributed by atoms with E-state index in [9.17, 15) is 4.79 Å². The van der Waals surface area contributed by atoms with Crippen molar-refractivity contribution >= 4 is 21.9 Å². The summed E-state index contributed by atoms with van der Waals surface area (Å²) in [5, 5.41) is 8.73. The maximum absolute atomic E-state index is 10.7. The van der Waals surface area contributed by atoms with Gasteiger partial charge in [0.05, 0.1) is 4.32 Å². The van der Waals surface area contributed by atoms with Crippen molar-refractivity contribution < 1.29 is 14.6 Å². The van der Waals surface area contributed by atoms with Gasteiger partial charge in [-0.3, -0.25) is 0 Å². The molecule has 0 fully saturated rings. The number of hydrogen-bond acceptors (Lipinski definition) is 3. The van der Waals surface area contributed by atoms with Gasteiger partial charge in [-0.1, -0.05) is 15.9 Å². The third-order valence-corrected chi connectivity index (χ3v) is 1.13. The Morgan fingerprint density at radius 3 is 2.45 bits per heavy atom. The Hall–Kier alpha value is -0.0900. The van der Waals surface area contributed by atoms with Crippen molar-refractivity contribution in [1.82, 2.24) is 0 Å². The molecule has 1 N–H and O–H groups in total. The predicted molar refractivity (Wildman–Crippen MR) is 45.6 cm³/mol. The van der Waals surface area contributed by atoms with Crippen LogP contribution < -0.4 is 0 Å². The van der Waals surface area contributed by atoms with Crippen LogP contribution in [-0.4, -0.2) is 28.1 Å². The minimum Gasteiger partial charge on any atom is -0.462 e. The number of aliphatic hydroxyl groups is 1. The largest absolute Gasteiger partial charge is 0.462 e. The first-order valence-corrected chi connectivity index (χ1v) is 4.16. The van der Waals surface area contributed by atoms with Crippen molar-refractivity contribution in [2.24, 2.45) is 0 Å². The van der Waals surface area contributed by atoms with E-state index in [0.29, 0.717) is 0 Å². The summed E-state index contributed by atoms with van der Waals surface area (Å²) in [4.78, 5) is 10.7. The lowest BCUT2D eigenvalue weighted by atomic mass is 10.2. The highest BCUT2D eigenvalue weighted by molar-refractivity contribution is 9.10. The Kier molecular flexibility index (Phi) is 4.03. The molecule has 0 bridgehead atoms. The Morgan fingerprint density at radius 2 is 2.18 bits per heavy atom. The van der Waals surface area contributed by atoms with Crippen LogP contribution in [0.4, 0.5) is 0 Å². The zero-order chi connectivity index (χ0) is 9.07. The highest BCUT2D eigenvalue weighted by Gasteiger charge is 2.17. The zero-order valence-electron chi connectivity index (χ0n) is 6.93. The van der Waals surface area contributed by atoms with Crippen LogP contribution in [0.2, 0.25) is 0 Å². The predicted octanol–water partition coefficient (Wildman–Crippen LogP) is 1.08. The van der Waals surface area contributed by atoms with Crippen LogP contribution in [0.1, 0.15) is 20.8 Å². The summed E-state index contributed by atoms with van der Waals surface area (Å²) >= 11 is 3.30. The van der Waals surface area contributed by atoms with Gasteiger partial charge in [0.15, 0.2) is 0 Å². The van der Waals surface area contributed by atoms with E-state index in [2.05, 4.69) is 15.9 Å². The van der Waals surface area contributed by atoms with Gasteiger partial charge in [0.2, 0.25) is 0 Å². The van der Waals surface area contributed by atoms with Crippen molar-refractivity contribution in [2.45, 2.75) is 31.2 Å². The van der Waals surface area contributed by atoms with Crippen molar-refractivity contribution in [3.63, 3.8) is 0 Å². The quantitative estimate of drug-likeness (QED) is 0.577. The molecule has 0 aromatic rings. The summed E-state index contributed by atoms with van der Waals surface area (Å²) in [6.07, 6.45) is -1.04. The Morgan fingerprint density at radius 1 is 1.73 bits per heavy atom. The number of esters is 1. The standard InChI is InChI=1S/C7H13BrO3/c1-5(9)6(10)11-4-7(2,3)8/h5,9H,4H2,1-3H3/t5-/m1/s1. The van der Waals surface area contributed by atoms with Gasteiger partial charge in [0.25, 0.3) is 0 Å². The third kappa shape index (κ3) is 6.31. The van der Waals surface area contributed by atoms with Crippen LogP contribution in [0.5, 0.6) is 0 Å². The lowest BCUT2D eigenvalue weighted by Crippen LogP contribution is -2.26. The second kappa shape index (κ2) is 4.07. The van der Waals surface area contributed by atoms with E-state index in [-0.39, 0.29) is 10.9 Å². The van der Waals surface area contributed by atoms with Gasteiger partial charge in [-0.2, -0.15) is 0 Å². The van der Waals surface area contributed by atoms with Crippen LogP contribution in [0, 0.1) is 0 Å². The number of aliphatic hydroxyl groups excluding tert-OH is 1. The first kappa shape index (κ1) is 10.9. The van der Waals surface area contributed by atoms with E-state index in [1.54, 1.807) is 0 Å². The zero-order valence-corrected chi connectivity index (χ0v) is 8.51. The molecule has 0 heterocycles. The van der Waals surface area contributed by atoms with Crippen LogP contribution in [0.15, 0.2) is 0 Å². The molecule has 0 aliphatic heterocycles. The number of carbonyl (C=O) groups is 1. The Balaban J connectivity index is 3.64. The van der Waals surface area contributed by atoms with E-state index in [1.165, 1.54) is 6.92 Å². The van der Waals surface area contributed by atoms with Crippen molar-refractivity contribution in [2.75, 3.05) is 6.61 Å². The van der Waals surface area contributed by atoms with Crippen molar-refractivity contribution in [3.05, 3.63) is 0 Å². The SMILES string of the molecule is C[C@@H](O)C(=O)OCC(C)(C)Br. The van der Waals surface area contributed by atoms with Gasteiger partial charge in [0, 0.05) is 0 Å². The molecule has 11 heavy (non-hydrogen) atoms. The molecule has 0 amide bonds. The highest BCUT2D eigenvalue weighted by atomic mass is 79.9. The summed E-state index contributed by atoms with van der Waals surface area (Å²) in [6, 6.07) is 0. The van der Waals surface area contributed by atoms with E-state index >= 15 is 0 Å². The van der Waals surface area contributed by atoms with Gasteiger partial charge in [-0.25, -0.2) is 4.79 Å². The minimum atomic E-state index is -1.04. The first-order chi connectivity index (χ1) is 4.83. The molecule has 66 valence electrons. The molecule has 0 aromatic heterocycles. The summed E-state index contributed by atoms with van der Waals surface area (Å²) in [5.74, 6) is -0.586. The van der Waals surface area contributed by atoms with Gasteiger partial charge in [-0.15, -0.1) is 0 Å². The normalized spacial score (nSPS) is 14.3. The fourth-order valence-electron chi connectivity index (χ4n) is 0.363. The number of carbonyl (C=O) groups excluding carboxylic acids is 1. The van der Waals surface area contributed by atoms with Crippen LogP contribution in [-0.2, 0) is 9.53 Å². The lowest BCUT2D eigenvalue weighted by Gasteiger charge is -2.16. The van der Waals surface area contributed by atoms with Crippen molar-refractivity contribution in [3.8, 4) is 0 Å². The number of rotatable bonds is 3. The van der Waals surface area contributed by atoms with Gasteiger partial charge in [0.1, 0.15) is 12.7 Å². The molecular weight excluding hydrogens is 212 g/mol. The molecule has 0 unspecified atom stereocenters.